The molecule has 1 fully saturated rings. The lowest BCUT2D eigenvalue weighted by Crippen LogP contribution is -2.76. The standard InChI is InChI=1S/C11H30O2Si4/c1-14(2,3)12-11-10-15(4,5)17(8,9)16(6,7)13-11/h11H,10H2,1-9H3. The third kappa shape index (κ3) is 3.22. The molecule has 1 unspecified atom stereocenters. The summed E-state index contributed by atoms with van der Waals surface area (Å²) in [6, 6.07) is 1.22. The number of hydrogen-bond acceptors (Lipinski definition) is 2. The average Bonchev–Trinajstić information content (AvgIpc) is 1.95. The van der Waals surface area contributed by atoms with Crippen LogP contribution < -0.4 is 0 Å². The van der Waals surface area contributed by atoms with Gasteiger partial charge in [-0.05, 0) is 38.8 Å². The van der Waals surface area contributed by atoms with Crippen molar-refractivity contribution in [3.8, 4) is 0 Å². The van der Waals surface area contributed by atoms with Gasteiger partial charge in [0.05, 0.1) is 7.11 Å². The van der Waals surface area contributed by atoms with E-state index >= 15 is 0 Å². The summed E-state index contributed by atoms with van der Waals surface area (Å²) in [6.45, 7) is 21.9. The van der Waals surface area contributed by atoms with Crippen LogP contribution in [0.5, 0.6) is 0 Å². The van der Waals surface area contributed by atoms with E-state index in [1.165, 1.54) is 6.04 Å². The highest BCUT2D eigenvalue weighted by Gasteiger charge is 2.59. The van der Waals surface area contributed by atoms with Gasteiger partial charge < -0.3 is 8.85 Å². The van der Waals surface area contributed by atoms with Gasteiger partial charge in [-0.15, -0.1) is 0 Å². The van der Waals surface area contributed by atoms with Crippen LogP contribution in [0.4, 0.5) is 0 Å². The SMILES string of the molecule is C[Si](C)(C)OC1C[Si](C)(C)[Si](C)(C)[Si](C)(C)O1. The minimum absolute atomic E-state index is 0.116. The molecule has 0 N–H and O–H groups in total. The fraction of sp³-hybridized carbons (Fsp3) is 1.00. The van der Waals surface area contributed by atoms with E-state index in [1.807, 2.05) is 0 Å². The average molecular weight is 307 g/mol. The van der Waals surface area contributed by atoms with Gasteiger partial charge in [0.25, 0.3) is 0 Å². The molecule has 1 saturated heterocycles. The van der Waals surface area contributed by atoms with Gasteiger partial charge in [-0.1, -0.05) is 26.2 Å². The van der Waals surface area contributed by atoms with Crippen molar-refractivity contribution in [3.63, 3.8) is 0 Å². The zero-order valence-electron chi connectivity index (χ0n) is 13.1. The molecule has 6 heteroatoms. The van der Waals surface area contributed by atoms with E-state index in [0.717, 1.165) is 0 Å². The Bertz CT molecular complexity index is 274. The van der Waals surface area contributed by atoms with E-state index in [4.69, 9.17) is 8.85 Å². The van der Waals surface area contributed by atoms with Crippen LogP contribution in [0.3, 0.4) is 0 Å². The Morgan fingerprint density at radius 1 is 1.00 bits per heavy atom. The largest absolute Gasteiger partial charge is 0.397 e. The van der Waals surface area contributed by atoms with Crippen LogP contribution in [-0.4, -0.2) is 37.1 Å². The van der Waals surface area contributed by atoms with Crippen LogP contribution in [0.2, 0.25) is 65.0 Å². The molecule has 2 nitrogen and oxygen atoms in total. The summed E-state index contributed by atoms with van der Waals surface area (Å²) in [4.78, 5) is 0. The van der Waals surface area contributed by atoms with Crippen molar-refractivity contribution in [2.45, 2.75) is 71.3 Å². The van der Waals surface area contributed by atoms with E-state index in [-0.39, 0.29) is 6.29 Å². The van der Waals surface area contributed by atoms with Crippen molar-refractivity contribution in [2.75, 3.05) is 0 Å². The van der Waals surface area contributed by atoms with Gasteiger partial charge in [0.2, 0.25) is 0 Å². The first kappa shape index (κ1) is 15.8. The molecular weight excluding hydrogens is 276 g/mol. The molecular formula is C11H30O2Si4. The Labute approximate surface area is 111 Å². The first-order chi connectivity index (χ1) is 7.29. The highest BCUT2D eigenvalue weighted by Crippen LogP contribution is 2.40. The second kappa shape index (κ2) is 4.41. The Kier molecular flexibility index (Phi) is 4.11. The van der Waals surface area contributed by atoms with Gasteiger partial charge in [-0.2, -0.15) is 0 Å². The minimum Gasteiger partial charge on any atom is -0.397 e. The van der Waals surface area contributed by atoms with Gasteiger partial charge in [-0.25, -0.2) is 0 Å². The summed E-state index contributed by atoms with van der Waals surface area (Å²) in [7, 11) is -5.32. The highest BCUT2D eigenvalue weighted by molar-refractivity contribution is 7.67. The molecule has 0 aromatic heterocycles. The molecule has 17 heavy (non-hydrogen) atoms. The van der Waals surface area contributed by atoms with Crippen LogP contribution >= 0.6 is 0 Å². The maximum absolute atomic E-state index is 6.45. The number of rotatable bonds is 2. The Morgan fingerprint density at radius 2 is 1.47 bits per heavy atom. The smallest absolute Gasteiger partial charge is 0.187 e. The Morgan fingerprint density at radius 3 is 1.82 bits per heavy atom. The third-order valence-corrected chi connectivity index (χ3v) is 46.0. The third-order valence-electron chi connectivity index (χ3n) is 4.79. The Hall–Kier alpha value is 0.788. The lowest BCUT2D eigenvalue weighted by Gasteiger charge is -2.55. The van der Waals surface area contributed by atoms with Crippen LogP contribution in [0.25, 0.3) is 0 Å². The van der Waals surface area contributed by atoms with Gasteiger partial charge >= 0.3 is 0 Å². The van der Waals surface area contributed by atoms with Gasteiger partial charge in [0.15, 0.2) is 16.2 Å². The van der Waals surface area contributed by atoms with Crippen LogP contribution in [0.1, 0.15) is 0 Å². The van der Waals surface area contributed by atoms with E-state index in [9.17, 15) is 0 Å². The quantitative estimate of drug-likeness (QED) is 0.719. The lowest BCUT2D eigenvalue weighted by atomic mass is 10.8. The first-order valence-electron chi connectivity index (χ1n) is 6.64. The molecule has 0 radical (unpaired) electrons. The Balaban J connectivity index is 2.93. The molecule has 0 aliphatic carbocycles. The second-order valence-electron chi connectivity index (χ2n) is 8.00. The van der Waals surface area contributed by atoms with Crippen molar-refractivity contribution in [1.82, 2.24) is 0 Å². The maximum Gasteiger partial charge on any atom is 0.187 e. The van der Waals surface area contributed by atoms with Crippen LogP contribution in [0.15, 0.2) is 0 Å². The van der Waals surface area contributed by atoms with E-state index < -0.39 is 30.9 Å². The summed E-state index contributed by atoms with van der Waals surface area (Å²) in [5, 5.41) is 0. The number of hydrogen-bond donors (Lipinski definition) is 0. The van der Waals surface area contributed by atoms with Crippen molar-refractivity contribution < 1.29 is 8.85 Å². The minimum atomic E-state index is -1.52. The molecule has 1 atom stereocenters. The van der Waals surface area contributed by atoms with E-state index in [1.54, 1.807) is 0 Å². The topological polar surface area (TPSA) is 18.5 Å². The molecule has 0 bridgehead atoms. The fourth-order valence-electron chi connectivity index (χ4n) is 2.46. The normalized spacial score (nSPS) is 31.2. The zero-order valence-corrected chi connectivity index (χ0v) is 17.1. The van der Waals surface area contributed by atoms with Crippen molar-refractivity contribution in [2.24, 2.45) is 0 Å². The highest BCUT2D eigenvalue weighted by atomic mass is 29.6. The van der Waals surface area contributed by atoms with E-state index in [2.05, 4.69) is 58.9 Å². The molecule has 0 aromatic carbocycles. The maximum atomic E-state index is 6.45. The molecule has 0 aromatic rings. The molecule has 1 aliphatic heterocycles. The molecule has 1 aliphatic rings. The molecule has 1 heterocycles. The summed E-state index contributed by atoms with van der Waals surface area (Å²) in [6.07, 6.45) is 0.116. The predicted molar refractivity (Wildman–Crippen MR) is 86.6 cm³/mol. The predicted octanol–water partition coefficient (Wildman–Crippen LogP) is 3.97. The molecule has 102 valence electrons. The molecule has 0 spiro atoms. The summed E-state index contributed by atoms with van der Waals surface area (Å²) >= 11 is 0. The van der Waals surface area contributed by atoms with Crippen LogP contribution in [0, 0.1) is 0 Å². The lowest BCUT2D eigenvalue weighted by molar-refractivity contribution is 0.00892. The summed E-state index contributed by atoms with van der Waals surface area (Å²) < 4.78 is 12.7. The first-order valence-corrected chi connectivity index (χ1v) is 21.2. The molecule has 1 rings (SSSR count). The van der Waals surface area contributed by atoms with Crippen molar-refractivity contribution >= 4 is 30.9 Å². The monoisotopic (exact) mass is 306 g/mol. The van der Waals surface area contributed by atoms with Crippen molar-refractivity contribution in [3.05, 3.63) is 0 Å². The zero-order chi connectivity index (χ0) is 13.7. The second-order valence-corrected chi connectivity index (χ2v) is 39.8. The van der Waals surface area contributed by atoms with Crippen LogP contribution in [-0.2, 0) is 8.85 Å². The molecule has 0 amide bonds. The summed E-state index contributed by atoms with van der Waals surface area (Å²) in [5.74, 6) is 0. The van der Waals surface area contributed by atoms with Gasteiger partial charge in [0, 0.05) is 7.59 Å². The summed E-state index contributed by atoms with van der Waals surface area (Å²) in [5.41, 5.74) is 0. The van der Waals surface area contributed by atoms with Gasteiger partial charge in [0.1, 0.15) is 6.29 Å². The molecule has 0 saturated carbocycles. The fourth-order valence-corrected chi connectivity index (χ4v) is 32.4. The van der Waals surface area contributed by atoms with Gasteiger partial charge in [-0.3, -0.25) is 0 Å². The van der Waals surface area contributed by atoms with Crippen molar-refractivity contribution in [1.29, 1.82) is 0 Å². The van der Waals surface area contributed by atoms with E-state index in [0.29, 0.717) is 0 Å².